The van der Waals surface area contributed by atoms with Crippen LogP contribution in [0.2, 0.25) is 0 Å². The number of likely N-dealkylation sites (N-methyl/N-ethyl adjacent to an activating group) is 1. The quantitative estimate of drug-likeness (QED) is 0.836. The normalized spacial score (nSPS) is 22.6. The summed E-state index contributed by atoms with van der Waals surface area (Å²) in [4.78, 5) is 29.1. The molecule has 3 rings (SSSR count). The van der Waals surface area contributed by atoms with Gasteiger partial charge in [0.1, 0.15) is 18.4 Å². The van der Waals surface area contributed by atoms with Gasteiger partial charge < -0.3 is 25.6 Å². The molecule has 1 aromatic rings. The molecule has 2 heterocycles. The number of fused-ring (bicyclic) bond motifs is 1. The number of carbonyl (C=O) groups is 2. The van der Waals surface area contributed by atoms with Crippen LogP contribution in [-0.4, -0.2) is 61.6 Å². The Morgan fingerprint density at radius 1 is 1.36 bits per heavy atom. The SMILES string of the molecule is CC(C)NC(=O)[C@@H]1C[C@H](N)CN1C(=O)c1ccc2c(c1)OCCN2C. The lowest BCUT2D eigenvalue weighted by atomic mass is 10.1. The highest BCUT2D eigenvalue weighted by molar-refractivity contribution is 5.99. The average molecular weight is 346 g/mol. The van der Waals surface area contributed by atoms with Gasteiger partial charge in [0.15, 0.2) is 0 Å². The molecule has 2 amide bonds. The maximum absolute atomic E-state index is 13.0. The maximum atomic E-state index is 13.0. The topological polar surface area (TPSA) is 87.9 Å². The number of likely N-dealkylation sites (tertiary alicyclic amines) is 1. The molecule has 1 aromatic carbocycles. The Labute approximate surface area is 148 Å². The second-order valence-corrected chi connectivity index (χ2v) is 7.08. The van der Waals surface area contributed by atoms with Gasteiger partial charge in [0, 0.05) is 31.2 Å². The van der Waals surface area contributed by atoms with E-state index < -0.39 is 6.04 Å². The molecule has 0 aliphatic carbocycles. The van der Waals surface area contributed by atoms with Gasteiger partial charge in [0.2, 0.25) is 5.91 Å². The number of nitrogens with zero attached hydrogens (tertiary/aromatic N) is 2. The van der Waals surface area contributed by atoms with Crippen LogP contribution in [0.5, 0.6) is 5.75 Å². The zero-order chi connectivity index (χ0) is 18.1. The first-order valence-electron chi connectivity index (χ1n) is 8.71. The van der Waals surface area contributed by atoms with Crippen molar-refractivity contribution >= 4 is 17.5 Å². The first-order valence-corrected chi connectivity index (χ1v) is 8.71. The number of nitrogens with one attached hydrogen (secondary N) is 1. The number of carbonyl (C=O) groups excluding carboxylic acids is 2. The molecule has 2 aliphatic rings. The van der Waals surface area contributed by atoms with Crippen molar-refractivity contribution < 1.29 is 14.3 Å². The van der Waals surface area contributed by atoms with Crippen LogP contribution in [0, 0.1) is 0 Å². The first-order chi connectivity index (χ1) is 11.9. The van der Waals surface area contributed by atoms with Crippen molar-refractivity contribution in [2.24, 2.45) is 5.73 Å². The molecule has 7 nitrogen and oxygen atoms in total. The molecule has 3 N–H and O–H groups in total. The second kappa shape index (κ2) is 6.92. The Morgan fingerprint density at radius 3 is 2.84 bits per heavy atom. The second-order valence-electron chi connectivity index (χ2n) is 7.08. The summed E-state index contributed by atoms with van der Waals surface area (Å²) in [6.07, 6.45) is 0.481. The molecular weight excluding hydrogens is 320 g/mol. The number of amides is 2. The van der Waals surface area contributed by atoms with Gasteiger partial charge in [-0.05, 0) is 38.5 Å². The summed E-state index contributed by atoms with van der Waals surface area (Å²) >= 11 is 0. The van der Waals surface area contributed by atoms with E-state index in [1.54, 1.807) is 17.0 Å². The Bertz CT molecular complexity index is 676. The number of rotatable bonds is 3. The number of benzene rings is 1. The summed E-state index contributed by atoms with van der Waals surface area (Å²) in [6, 6.07) is 4.74. The molecule has 2 aliphatic heterocycles. The lowest BCUT2D eigenvalue weighted by Crippen LogP contribution is -2.47. The number of hydrogen-bond acceptors (Lipinski definition) is 5. The van der Waals surface area contributed by atoms with E-state index in [1.807, 2.05) is 27.0 Å². The predicted molar refractivity (Wildman–Crippen MR) is 95.9 cm³/mol. The fourth-order valence-electron chi connectivity index (χ4n) is 3.38. The van der Waals surface area contributed by atoms with Crippen molar-refractivity contribution in [3.8, 4) is 5.75 Å². The maximum Gasteiger partial charge on any atom is 0.254 e. The van der Waals surface area contributed by atoms with E-state index in [2.05, 4.69) is 10.2 Å². The largest absolute Gasteiger partial charge is 0.490 e. The minimum absolute atomic E-state index is 0.0222. The molecule has 0 aromatic heterocycles. The number of nitrogens with two attached hydrogens (primary N) is 1. The highest BCUT2D eigenvalue weighted by Crippen LogP contribution is 2.32. The Hall–Kier alpha value is -2.28. The van der Waals surface area contributed by atoms with E-state index in [4.69, 9.17) is 10.5 Å². The number of hydrogen-bond donors (Lipinski definition) is 2. The summed E-state index contributed by atoms with van der Waals surface area (Å²) < 4.78 is 5.68. The number of ether oxygens (including phenoxy) is 1. The molecule has 0 unspecified atom stereocenters. The molecule has 1 saturated heterocycles. The van der Waals surface area contributed by atoms with E-state index in [0.29, 0.717) is 30.9 Å². The van der Waals surface area contributed by atoms with Crippen LogP contribution in [0.4, 0.5) is 5.69 Å². The predicted octanol–water partition coefficient (Wildman–Crippen LogP) is 0.582. The third kappa shape index (κ3) is 3.56. The molecular formula is C18H26N4O3. The summed E-state index contributed by atoms with van der Waals surface area (Å²) in [5.41, 5.74) is 7.51. The van der Waals surface area contributed by atoms with Crippen LogP contribution < -0.4 is 20.7 Å². The van der Waals surface area contributed by atoms with Crippen molar-refractivity contribution in [1.82, 2.24) is 10.2 Å². The minimum Gasteiger partial charge on any atom is -0.490 e. The van der Waals surface area contributed by atoms with Crippen molar-refractivity contribution in [3.63, 3.8) is 0 Å². The molecule has 0 spiro atoms. The molecule has 136 valence electrons. The monoisotopic (exact) mass is 346 g/mol. The van der Waals surface area contributed by atoms with E-state index in [1.165, 1.54) is 0 Å². The summed E-state index contributed by atoms with van der Waals surface area (Å²) in [5.74, 6) is 0.369. The Morgan fingerprint density at radius 2 is 2.12 bits per heavy atom. The zero-order valence-electron chi connectivity index (χ0n) is 15.0. The third-order valence-corrected chi connectivity index (χ3v) is 4.63. The van der Waals surface area contributed by atoms with E-state index >= 15 is 0 Å². The number of anilines is 1. The van der Waals surface area contributed by atoms with Crippen molar-refractivity contribution in [1.29, 1.82) is 0 Å². The van der Waals surface area contributed by atoms with Crippen LogP contribution >= 0.6 is 0 Å². The van der Waals surface area contributed by atoms with Crippen molar-refractivity contribution in [2.75, 3.05) is 31.6 Å². The highest BCUT2D eigenvalue weighted by atomic mass is 16.5. The zero-order valence-corrected chi connectivity index (χ0v) is 15.0. The van der Waals surface area contributed by atoms with Crippen LogP contribution in [0.15, 0.2) is 18.2 Å². The molecule has 0 bridgehead atoms. The van der Waals surface area contributed by atoms with Gasteiger partial charge >= 0.3 is 0 Å². The van der Waals surface area contributed by atoms with Gasteiger partial charge in [-0.25, -0.2) is 0 Å². The Balaban J connectivity index is 1.82. The van der Waals surface area contributed by atoms with Crippen molar-refractivity contribution in [3.05, 3.63) is 23.8 Å². The lowest BCUT2D eigenvalue weighted by molar-refractivity contribution is -0.125. The highest BCUT2D eigenvalue weighted by Gasteiger charge is 2.38. The Kier molecular flexibility index (Phi) is 4.85. The standard InChI is InChI=1S/C18H26N4O3/c1-11(2)20-17(23)15-9-13(19)10-22(15)18(24)12-4-5-14-16(8-12)25-7-6-21(14)3/h4-5,8,11,13,15H,6-7,9-10,19H2,1-3H3,(H,20,23)/t13-,15-/m0/s1. The fraction of sp³-hybridized carbons (Fsp3) is 0.556. The van der Waals surface area contributed by atoms with Crippen LogP contribution in [-0.2, 0) is 4.79 Å². The summed E-state index contributed by atoms with van der Waals surface area (Å²) in [5, 5.41) is 2.88. The molecule has 1 fully saturated rings. The van der Waals surface area contributed by atoms with Gasteiger partial charge in [-0.1, -0.05) is 0 Å². The van der Waals surface area contributed by atoms with Crippen LogP contribution in [0.3, 0.4) is 0 Å². The fourth-order valence-corrected chi connectivity index (χ4v) is 3.38. The van der Waals surface area contributed by atoms with Gasteiger partial charge in [-0.2, -0.15) is 0 Å². The van der Waals surface area contributed by atoms with E-state index in [0.717, 1.165) is 12.2 Å². The average Bonchev–Trinajstić information content (AvgIpc) is 2.95. The van der Waals surface area contributed by atoms with E-state index in [-0.39, 0.29) is 23.9 Å². The molecule has 25 heavy (non-hydrogen) atoms. The smallest absolute Gasteiger partial charge is 0.254 e. The minimum atomic E-state index is -0.524. The first kappa shape index (κ1) is 17.5. The summed E-state index contributed by atoms with van der Waals surface area (Å²) in [6.45, 7) is 5.59. The molecule has 0 saturated carbocycles. The molecule has 0 radical (unpaired) electrons. The summed E-state index contributed by atoms with van der Waals surface area (Å²) in [7, 11) is 1.99. The molecule has 7 heteroatoms. The third-order valence-electron chi connectivity index (χ3n) is 4.63. The van der Waals surface area contributed by atoms with Gasteiger partial charge in [0.25, 0.3) is 5.91 Å². The van der Waals surface area contributed by atoms with Crippen LogP contribution in [0.1, 0.15) is 30.6 Å². The lowest BCUT2D eigenvalue weighted by Gasteiger charge is -2.29. The van der Waals surface area contributed by atoms with Crippen molar-refractivity contribution in [2.45, 2.75) is 38.4 Å². The van der Waals surface area contributed by atoms with Gasteiger partial charge in [-0.15, -0.1) is 0 Å². The van der Waals surface area contributed by atoms with Crippen LogP contribution in [0.25, 0.3) is 0 Å². The molecule has 2 atom stereocenters. The van der Waals surface area contributed by atoms with Gasteiger partial charge in [0.05, 0.1) is 12.2 Å². The van der Waals surface area contributed by atoms with E-state index in [9.17, 15) is 9.59 Å². The van der Waals surface area contributed by atoms with Gasteiger partial charge in [-0.3, -0.25) is 9.59 Å².